The summed E-state index contributed by atoms with van der Waals surface area (Å²) in [6, 6.07) is 2.39. The van der Waals surface area contributed by atoms with Crippen LogP contribution in [0, 0.1) is 0 Å². The highest BCUT2D eigenvalue weighted by Crippen LogP contribution is 2.36. The van der Waals surface area contributed by atoms with Crippen LogP contribution in [0.15, 0.2) is 0 Å². The molecule has 1 fully saturated rings. The van der Waals surface area contributed by atoms with Gasteiger partial charge in [-0.3, -0.25) is 0 Å². The summed E-state index contributed by atoms with van der Waals surface area (Å²) in [6.45, 7) is 2.28. The average Bonchev–Trinajstić information content (AvgIpc) is 2.18. The van der Waals surface area contributed by atoms with Crippen LogP contribution in [0.5, 0.6) is 0 Å². The molecule has 1 aliphatic heterocycles. The van der Waals surface area contributed by atoms with Crippen LogP contribution in [-0.4, -0.2) is 38.2 Å². The van der Waals surface area contributed by atoms with Crippen molar-refractivity contribution >= 4 is 16.9 Å². The van der Waals surface area contributed by atoms with Gasteiger partial charge in [0.2, 0.25) is 0 Å². The van der Waals surface area contributed by atoms with Crippen molar-refractivity contribution in [2.45, 2.75) is 30.7 Å². The zero-order valence-corrected chi connectivity index (χ0v) is 11.1. The molecular weight excluding hydrogens is 200 g/mol. The Bertz CT molecular complexity index is 173. The smallest absolute Gasteiger partial charge is 0.337 e. The lowest BCUT2D eigenvalue weighted by molar-refractivity contribution is 0.239. The lowest BCUT2D eigenvalue weighted by Gasteiger charge is -2.39. The maximum atomic E-state index is 5.65. The Morgan fingerprint density at radius 1 is 0.923 bits per heavy atom. The molecule has 0 radical (unpaired) electrons. The van der Waals surface area contributed by atoms with Gasteiger partial charge in [-0.05, 0) is 18.6 Å². The van der Waals surface area contributed by atoms with Crippen LogP contribution in [0.1, 0.15) is 6.42 Å². The highest BCUT2D eigenvalue weighted by atomic mass is 28.4. The van der Waals surface area contributed by atoms with Gasteiger partial charge in [-0.2, -0.15) is 0 Å². The first-order chi connectivity index (χ1) is 6.10. The van der Waals surface area contributed by atoms with E-state index in [0.717, 1.165) is 11.7 Å². The van der Waals surface area contributed by atoms with E-state index in [1.54, 1.807) is 14.2 Å². The fourth-order valence-corrected chi connectivity index (χ4v) is 12.6. The molecule has 1 unspecified atom stereocenters. The minimum Gasteiger partial charge on any atom is -0.420 e. The molecule has 3 nitrogen and oxygen atoms in total. The molecule has 0 N–H and O–H groups in total. The zero-order chi connectivity index (χ0) is 9.95. The second kappa shape index (κ2) is 4.23. The summed E-state index contributed by atoms with van der Waals surface area (Å²) in [5.74, 6) is 0. The molecule has 1 heterocycles. The largest absolute Gasteiger partial charge is 0.420 e. The van der Waals surface area contributed by atoms with Gasteiger partial charge in [0.25, 0.3) is 0 Å². The van der Waals surface area contributed by atoms with Gasteiger partial charge in [-0.15, -0.1) is 0 Å². The molecule has 0 aromatic heterocycles. The molecule has 0 aromatic rings. The third-order valence-corrected chi connectivity index (χ3v) is 13.3. The Hall–Kier alpha value is 0.314. The van der Waals surface area contributed by atoms with Crippen molar-refractivity contribution in [1.82, 2.24) is 0 Å². The average molecular weight is 220 g/mol. The Kier molecular flexibility index (Phi) is 3.70. The molecule has 0 saturated carbocycles. The molecule has 1 saturated heterocycles. The lowest BCUT2D eigenvalue weighted by atomic mass is 10.6. The summed E-state index contributed by atoms with van der Waals surface area (Å²) in [5, 5.41) is 0. The third kappa shape index (κ3) is 2.41. The summed E-state index contributed by atoms with van der Waals surface area (Å²) in [6.07, 6.45) is 1.21. The topological polar surface area (TPSA) is 27.7 Å². The molecule has 0 aromatic carbocycles. The Morgan fingerprint density at radius 3 is 2.00 bits per heavy atom. The molecule has 78 valence electrons. The minimum absolute atomic E-state index is 1.09. The van der Waals surface area contributed by atoms with Gasteiger partial charge in [0.15, 0.2) is 8.32 Å². The maximum absolute atomic E-state index is 5.65. The third-order valence-electron chi connectivity index (χ3n) is 3.14. The number of hydrogen-bond donors (Lipinski definition) is 0. The highest BCUT2D eigenvalue weighted by molar-refractivity contribution is 6.89. The van der Waals surface area contributed by atoms with Crippen molar-refractivity contribution in [2.24, 2.45) is 0 Å². The van der Waals surface area contributed by atoms with Gasteiger partial charge in [0.05, 0.1) is 0 Å². The van der Waals surface area contributed by atoms with Crippen LogP contribution in [0.4, 0.5) is 0 Å². The first kappa shape index (κ1) is 11.4. The number of rotatable bonds is 3. The summed E-state index contributed by atoms with van der Waals surface area (Å²) >= 11 is 0. The molecule has 0 bridgehead atoms. The fourth-order valence-electron chi connectivity index (χ4n) is 2.08. The fraction of sp³-hybridized carbons (Fsp3) is 1.00. The van der Waals surface area contributed by atoms with Crippen LogP contribution in [0.25, 0.3) is 0 Å². The summed E-state index contributed by atoms with van der Waals surface area (Å²) in [7, 11) is 2.08. The monoisotopic (exact) mass is 220 g/mol. The van der Waals surface area contributed by atoms with Crippen LogP contribution in [0.3, 0.4) is 0 Å². The summed E-state index contributed by atoms with van der Waals surface area (Å²) in [5.41, 5.74) is 1.09. The standard InChI is InChI=1S/C8H20O3Si2/c1-9-12(4)6-5-7-13(8-12,10-2)11-3/h5-8H2,1-4H3. The van der Waals surface area contributed by atoms with Crippen molar-refractivity contribution in [3.05, 3.63) is 0 Å². The molecule has 1 rings (SSSR count). The molecule has 0 aliphatic carbocycles. The molecule has 13 heavy (non-hydrogen) atoms. The molecular formula is C8H20O3Si2. The number of hydrogen-bond acceptors (Lipinski definition) is 3. The Morgan fingerprint density at radius 2 is 1.54 bits per heavy atom. The predicted octanol–water partition coefficient (Wildman–Crippen LogP) is 1.89. The SMILES string of the molecule is CO[Si]1(C)CCC[Si](OC)(OC)C1. The van der Waals surface area contributed by atoms with Crippen LogP contribution >= 0.6 is 0 Å². The maximum Gasteiger partial charge on any atom is 0.337 e. The van der Waals surface area contributed by atoms with Crippen LogP contribution in [0.2, 0.25) is 24.3 Å². The van der Waals surface area contributed by atoms with Crippen molar-refractivity contribution < 1.29 is 13.3 Å². The molecule has 1 atom stereocenters. The van der Waals surface area contributed by atoms with Crippen molar-refractivity contribution in [3.8, 4) is 0 Å². The molecule has 5 heteroatoms. The van der Waals surface area contributed by atoms with E-state index in [9.17, 15) is 0 Å². The van der Waals surface area contributed by atoms with Gasteiger partial charge in [-0.25, -0.2) is 0 Å². The molecule has 1 aliphatic rings. The minimum atomic E-state index is -1.85. The normalized spacial score (nSPS) is 33.2. The van der Waals surface area contributed by atoms with Gasteiger partial charge in [-0.1, -0.05) is 6.42 Å². The van der Waals surface area contributed by atoms with Crippen molar-refractivity contribution in [3.63, 3.8) is 0 Å². The Balaban J connectivity index is 2.69. The molecule has 0 spiro atoms. The highest BCUT2D eigenvalue weighted by Gasteiger charge is 2.48. The summed E-state index contributed by atoms with van der Waals surface area (Å²) in [4.78, 5) is 0. The van der Waals surface area contributed by atoms with E-state index in [-0.39, 0.29) is 0 Å². The second-order valence-electron chi connectivity index (χ2n) is 4.00. The summed E-state index contributed by atoms with van der Waals surface area (Å²) < 4.78 is 16.8. The first-order valence-corrected chi connectivity index (χ1v) is 9.80. The van der Waals surface area contributed by atoms with Crippen LogP contribution in [-0.2, 0) is 13.3 Å². The van der Waals surface area contributed by atoms with Crippen molar-refractivity contribution in [1.29, 1.82) is 0 Å². The Labute approximate surface area is 82.8 Å². The predicted molar refractivity (Wildman–Crippen MR) is 57.4 cm³/mol. The van der Waals surface area contributed by atoms with Crippen LogP contribution < -0.4 is 0 Å². The van der Waals surface area contributed by atoms with Gasteiger partial charge in [0, 0.05) is 27.0 Å². The zero-order valence-electron chi connectivity index (χ0n) is 9.05. The van der Waals surface area contributed by atoms with Gasteiger partial charge >= 0.3 is 8.56 Å². The van der Waals surface area contributed by atoms with E-state index in [2.05, 4.69) is 6.55 Å². The quantitative estimate of drug-likeness (QED) is 0.680. The van der Waals surface area contributed by atoms with E-state index in [0.29, 0.717) is 0 Å². The first-order valence-electron chi connectivity index (χ1n) is 4.75. The van der Waals surface area contributed by atoms with E-state index >= 15 is 0 Å². The van der Waals surface area contributed by atoms with Crippen molar-refractivity contribution in [2.75, 3.05) is 21.3 Å². The van der Waals surface area contributed by atoms with E-state index in [4.69, 9.17) is 13.3 Å². The van der Waals surface area contributed by atoms with Gasteiger partial charge < -0.3 is 13.3 Å². The second-order valence-corrected chi connectivity index (χ2v) is 12.4. The van der Waals surface area contributed by atoms with E-state index in [1.165, 1.54) is 12.5 Å². The molecule has 0 amide bonds. The van der Waals surface area contributed by atoms with E-state index in [1.807, 2.05) is 7.11 Å². The lowest BCUT2D eigenvalue weighted by Crippen LogP contribution is -2.53. The van der Waals surface area contributed by atoms with E-state index < -0.39 is 16.9 Å². The van der Waals surface area contributed by atoms with Gasteiger partial charge in [0.1, 0.15) is 0 Å².